The molecule has 0 aliphatic heterocycles. The number of aromatic nitrogens is 2. The minimum absolute atomic E-state index is 0.0266. The number of benzene rings is 3. The fourth-order valence-corrected chi connectivity index (χ4v) is 11.3. The second-order valence-corrected chi connectivity index (χ2v) is 26.2. The van der Waals surface area contributed by atoms with Crippen LogP contribution in [-0.2, 0) is 86.4 Å². The SMILES string of the molecule is CCC(C)CCC(=O)N[C@H](CC(N)=O)C(=O)N[C@H](Cc1ccc(O)cc1)C(=O)N[C@H](Cc1c[nH]c2ccccc12)C(=O)N[C@H](CCCN)C(=O)N[C@@H](CCCN)C(=O)NCC(=O)N[C@H](CCCN)C(=O)N[C@@H](Cc1c[nH]c2ccccc12)C(=O)N[C@H](C(=O)N[C@@H](C)C(=O)NCC(=O)N[C@@H](CO)C(N)=O)[C@@H](C)O. The number of fused-ring (bicyclic) bond motifs is 2. The van der Waals surface area contributed by atoms with E-state index in [4.69, 9.17) is 28.7 Å². The Hall–Kier alpha value is -11.1. The molecule has 584 valence electrons. The Morgan fingerprint density at radius 1 is 0.449 bits per heavy atom. The molecule has 0 aliphatic carbocycles. The van der Waals surface area contributed by atoms with Gasteiger partial charge in [-0.05, 0) is 125 Å². The first-order valence-corrected chi connectivity index (χ1v) is 35.4. The van der Waals surface area contributed by atoms with Crippen LogP contribution >= 0.6 is 0 Å². The van der Waals surface area contributed by atoms with Crippen molar-refractivity contribution >= 4 is 105 Å². The Labute approximate surface area is 617 Å². The van der Waals surface area contributed by atoms with Crippen LogP contribution < -0.4 is 92.5 Å². The van der Waals surface area contributed by atoms with Gasteiger partial charge in [0.05, 0.1) is 32.2 Å². The highest BCUT2D eigenvalue weighted by Crippen LogP contribution is 2.22. The zero-order valence-corrected chi connectivity index (χ0v) is 60.4. The number of nitrogens with one attached hydrogen (secondary N) is 14. The highest BCUT2D eigenvalue weighted by molar-refractivity contribution is 6.00. The highest BCUT2D eigenvalue weighted by atomic mass is 16.3. The van der Waals surface area contributed by atoms with Crippen molar-refractivity contribution in [3.63, 3.8) is 0 Å². The molecule has 107 heavy (non-hydrogen) atoms. The van der Waals surface area contributed by atoms with E-state index in [1.54, 1.807) is 60.9 Å². The number of amides is 14. The van der Waals surface area contributed by atoms with Crippen molar-refractivity contribution in [1.82, 2.24) is 73.8 Å². The van der Waals surface area contributed by atoms with E-state index in [1.807, 2.05) is 13.8 Å². The standard InChI is InChI=1S/C71H103N19O17/c1-5-38(2)20-25-58(95)83-55(32-57(75)94)69(105)87-52(29-41-21-23-44(93)24-22-41)67(103)89-53(30-42-33-77-47-15-8-6-13-45(42)47)68(104)86-51(19-12-28-74)66(102)85-49(17-10-26-72)64(100)80-36-59(96)82-50(18-11-27-73)65(101)88-54(31-43-34-78-48-16-9-7-14-46(43)48)70(106)90-61(40(4)92)71(107)81-39(3)63(99)79-35-60(97)84-56(37-91)62(76)98/h6-9,13-16,21-24,33-34,38-40,49-56,61,77-78,91-93H,5,10-12,17-20,25-32,35-37,72-74H2,1-4H3,(H2,75,94)(H2,76,98)(H,79,99)(H,80,100)(H,81,107)(H,82,96)(H,83,95)(H,84,97)(H,85,102)(H,86,104)(H,87,105)(H,88,101)(H,89,103)(H,90,106)/t38?,39-,40+,49-,50+,51+,52+,53+,54-,55+,56-,61-/m0/s1. The molecular formula is C71H103N19O17. The summed E-state index contributed by atoms with van der Waals surface area (Å²) < 4.78 is 0. The van der Waals surface area contributed by atoms with Crippen molar-refractivity contribution in [1.29, 1.82) is 0 Å². The topological polar surface area (TPSA) is 606 Å². The molecule has 2 heterocycles. The first kappa shape index (κ1) is 86.6. The molecule has 0 saturated heterocycles. The maximum absolute atomic E-state index is 14.9. The summed E-state index contributed by atoms with van der Waals surface area (Å²) in [6.07, 6.45) is 1.73. The van der Waals surface area contributed by atoms with E-state index in [0.29, 0.717) is 44.9 Å². The van der Waals surface area contributed by atoms with Gasteiger partial charge >= 0.3 is 0 Å². The summed E-state index contributed by atoms with van der Waals surface area (Å²) in [7, 11) is 0. The number of aromatic hydroxyl groups is 1. The molecule has 0 bridgehead atoms. The lowest BCUT2D eigenvalue weighted by atomic mass is 10.0. The third-order valence-corrected chi connectivity index (χ3v) is 17.6. The molecule has 12 atom stereocenters. The maximum atomic E-state index is 14.9. The van der Waals surface area contributed by atoms with Gasteiger partial charge in [0.25, 0.3) is 0 Å². The van der Waals surface area contributed by atoms with Crippen LogP contribution in [0.2, 0.25) is 0 Å². The molecular weight excluding hydrogens is 1390 g/mol. The minimum Gasteiger partial charge on any atom is -0.508 e. The molecule has 1 unspecified atom stereocenters. The number of carbonyl (C=O) groups is 14. The van der Waals surface area contributed by atoms with Crippen LogP contribution in [0.3, 0.4) is 0 Å². The van der Waals surface area contributed by atoms with E-state index < -0.39 is 175 Å². The molecule has 0 saturated carbocycles. The van der Waals surface area contributed by atoms with E-state index in [0.717, 1.165) is 6.42 Å². The molecule has 36 heteroatoms. The number of aliphatic hydroxyl groups excluding tert-OH is 2. The Morgan fingerprint density at radius 3 is 1.32 bits per heavy atom. The molecule has 0 radical (unpaired) electrons. The number of primary amides is 2. The molecule has 3 aromatic carbocycles. The number of carbonyl (C=O) groups excluding carboxylic acids is 14. The van der Waals surface area contributed by atoms with Crippen LogP contribution in [0.15, 0.2) is 85.2 Å². The van der Waals surface area contributed by atoms with Crippen molar-refractivity contribution in [3.05, 3.63) is 102 Å². The van der Waals surface area contributed by atoms with Crippen molar-refractivity contribution in [2.24, 2.45) is 34.6 Å². The normalized spacial score (nSPS) is 14.6. The van der Waals surface area contributed by atoms with Gasteiger partial charge in [-0.3, -0.25) is 67.1 Å². The van der Waals surface area contributed by atoms with Gasteiger partial charge in [0, 0.05) is 59.9 Å². The van der Waals surface area contributed by atoms with Gasteiger partial charge in [0.2, 0.25) is 82.7 Å². The summed E-state index contributed by atoms with van der Waals surface area (Å²) in [5, 5.41) is 61.6. The average Bonchev–Trinajstić information content (AvgIpc) is 1.74. The van der Waals surface area contributed by atoms with Crippen LogP contribution in [-0.4, -0.2) is 214 Å². The van der Waals surface area contributed by atoms with Crippen molar-refractivity contribution in [2.75, 3.05) is 39.3 Å². The fraction of sp³-hybridized carbons (Fsp3) is 0.493. The van der Waals surface area contributed by atoms with Crippen LogP contribution in [0.25, 0.3) is 21.8 Å². The Morgan fingerprint density at radius 2 is 0.860 bits per heavy atom. The smallest absolute Gasteiger partial charge is 0.245 e. The zero-order chi connectivity index (χ0) is 78.9. The first-order valence-electron chi connectivity index (χ1n) is 35.4. The summed E-state index contributed by atoms with van der Waals surface area (Å²) in [6, 6.07) is 4.87. The summed E-state index contributed by atoms with van der Waals surface area (Å²) in [6.45, 7) is 4.11. The summed E-state index contributed by atoms with van der Waals surface area (Å²) in [5.41, 5.74) is 31.2. The molecule has 0 spiro atoms. The van der Waals surface area contributed by atoms with Gasteiger partial charge in [-0.2, -0.15) is 0 Å². The van der Waals surface area contributed by atoms with Gasteiger partial charge in [-0.25, -0.2) is 0 Å². The number of hydrogen-bond acceptors (Lipinski definition) is 20. The first-order chi connectivity index (χ1) is 51.0. The molecule has 5 aromatic rings. The fourth-order valence-electron chi connectivity index (χ4n) is 11.3. The van der Waals surface area contributed by atoms with E-state index in [-0.39, 0.29) is 95.5 Å². The average molecular weight is 1490 g/mol. The molecule has 2 aromatic heterocycles. The Balaban J connectivity index is 1.34. The molecule has 0 aliphatic rings. The van der Waals surface area contributed by atoms with Crippen LogP contribution in [0, 0.1) is 5.92 Å². The maximum Gasteiger partial charge on any atom is 0.245 e. The third kappa shape index (κ3) is 28.4. The lowest BCUT2D eigenvalue weighted by Gasteiger charge is -2.27. The highest BCUT2D eigenvalue weighted by Gasteiger charge is 2.37. The summed E-state index contributed by atoms with van der Waals surface area (Å²) in [4.78, 5) is 197. The van der Waals surface area contributed by atoms with Gasteiger partial charge in [0.1, 0.15) is 66.2 Å². The zero-order valence-electron chi connectivity index (χ0n) is 60.4. The second kappa shape index (κ2) is 44.0. The van der Waals surface area contributed by atoms with Gasteiger partial charge in [-0.15, -0.1) is 0 Å². The molecule has 27 N–H and O–H groups in total. The van der Waals surface area contributed by atoms with Crippen LogP contribution in [0.4, 0.5) is 0 Å². The minimum atomic E-state index is -1.76. The predicted molar refractivity (Wildman–Crippen MR) is 392 cm³/mol. The molecule has 36 nitrogen and oxygen atoms in total. The van der Waals surface area contributed by atoms with E-state index in [2.05, 4.69) is 73.8 Å². The van der Waals surface area contributed by atoms with Gasteiger partial charge in [0.15, 0.2) is 0 Å². The van der Waals surface area contributed by atoms with Crippen molar-refractivity contribution in [2.45, 2.75) is 178 Å². The number of phenolic OH excluding ortho intramolecular Hbond substituents is 1. The second-order valence-electron chi connectivity index (χ2n) is 26.2. The number of aliphatic hydroxyl groups is 2. The van der Waals surface area contributed by atoms with Crippen molar-refractivity contribution < 1.29 is 82.4 Å². The number of rotatable bonds is 47. The number of hydrogen-bond donors (Lipinski definition) is 22. The van der Waals surface area contributed by atoms with Crippen LogP contribution in [0.5, 0.6) is 5.75 Å². The summed E-state index contributed by atoms with van der Waals surface area (Å²) in [5.74, 6) is -12.7. The van der Waals surface area contributed by atoms with E-state index in [9.17, 15) is 82.4 Å². The third-order valence-electron chi connectivity index (χ3n) is 17.6. The molecule has 5 rings (SSSR count). The summed E-state index contributed by atoms with van der Waals surface area (Å²) >= 11 is 0. The van der Waals surface area contributed by atoms with E-state index in [1.165, 1.54) is 38.1 Å². The number of phenols is 1. The molecule has 14 amide bonds. The number of nitrogens with two attached hydrogens (primary N) is 5. The Kier molecular flexibility index (Phi) is 35.6. The largest absolute Gasteiger partial charge is 0.508 e. The van der Waals surface area contributed by atoms with E-state index >= 15 is 0 Å². The number of H-pyrrole nitrogens is 2. The quantitative estimate of drug-likeness (QED) is 0.0174. The Bertz CT molecular complexity index is 3870. The number of para-hydroxylation sites is 2. The lowest BCUT2D eigenvalue weighted by molar-refractivity contribution is -0.136. The molecule has 0 fully saturated rings. The monoisotopic (exact) mass is 1490 g/mol. The van der Waals surface area contributed by atoms with Gasteiger partial charge < -0.3 is 118 Å². The lowest BCUT2D eigenvalue weighted by Crippen LogP contribution is -2.61. The van der Waals surface area contributed by atoms with Crippen molar-refractivity contribution in [3.8, 4) is 5.75 Å². The van der Waals surface area contributed by atoms with Crippen LogP contribution in [0.1, 0.15) is 109 Å². The number of aromatic amines is 2. The predicted octanol–water partition coefficient (Wildman–Crippen LogP) is -4.74. The van der Waals surface area contributed by atoms with Gasteiger partial charge in [-0.1, -0.05) is 68.8 Å².